The number of nitrogens with zero attached hydrogens (tertiary/aromatic N) is 1. The monoisotopic (exact) mass is 282 g/mol. The van der Waals surface area contributed by atoms with Crippen LogP contribution in [0.2, 0.25) is 0 Å². The highest BCUT2D eigenvalue weighted by Crippen LogP contribution is 2.26. The highest BCUT2D eigenvalue weighted by molar-refractivity contribution is 5.75. The second kappa shape index (κ2) is 6.46. The van der Waals surface area contributed by atoms with Crippen molar-refractivity contribution < 1.29 is 14.7 Å². The zero-order valence-corrected chi connectivity index (χ0v) is 12.5. The average molecular weight is 282 g/mol. The third kappa shape index (κ3) is 3.64. The molecule has 2 aliphatic rings. The van der Waals surface area contributed by atoms with Gasteiger partial charge in [0.1, 0.15) is 0 Å². The van der Waals surface area contributed by atoms with Crippen LogP contribution in [-0.4, -0.2) is 40.6 Å². The van der Waals surface area contributed by atoms with Crippen molar-refractivity contribution in [1.29, 1.82) is 0 Å². The predicted octanol–water partition coefficient (Wildman–Crippen LogP) is 2.46. The molecule has 0 radical (unpaired) electrons. The molecule has 4 unspecified atom stereocenters. The fourth-order valence-corrected chi connectivity index (χ4v) is 3.51. The van der Waals surface area contributed by atoms with Crippen LogP contribution in [0.25, 0.3) is 0 Å². The molecule has 0 aromatic heterocycles. The summed E-state index contributed by atoms with van der Waals surface area (Å²) in [5.74, 6) is -0.350. The van der Waals surface area contributed by atoms with E-state index in [1.54, 1.807) is 0 Å². The van der Waals surface area contributed by atoms with Crippen LogP contribution in [-0.2, 0) is 4.79 Å². The highest BCUT2D eigenvalue weighted by atomic mass is 16.4. The number of rotatable bonds is 2. The quantitative estimate of drug-likeness (QED) is 0.817. The Hall–Kier alpha value is -1.26. The molecule has 2 N–H and O–H groups in total. The number of hydrogen-bond acceptors (Lipinski definition) is 2. The molecule has 0 bridgehead atoms. The van der Waals surface area contributed by atoms with Gasteiger partial charge >= 0.3 is 12.0 Å². The van der Waals surface area contributed by atoms with Crippen molar-refractivity contribution in [2.24, 2.45) is 11.8 Å². The van der Waals surface area contributed by atoms with E-state index in [0.717, 1.165) is 38.6 Å². The Bertz CT molecular complexity index is 372. The molecule has 5 nitrogen and oxygen atoms in total. The summed E-state index contributed by atoms with van der Waals surface area (Å²) >= 11 is 0. The van der Waals surface area contributed by atoms with E-state index in [0.29, 0.717) is 12.3 Å². The maximum absolute atomic E-state index is 12.3. The molecular formula is C15H26N2O3. The lowest BCUT2D eigenvalue weighted by molar-refractivity contribution is -0.143. The lowest BCUT2D eigenvalue weighted by Gasteiger charge is -2.38. The van der Waals surface area contributed by atoms with Crippen molar-refractivity contribution in [2.45, 2.75) is 64.5 Å². The number of urea groups is 1. The molecule has 0 aromatic carbocycles. The summed E-state index contributed by atoms with van der Waals surface area (Å²) in [4.78, 5) is 25.3. The van der Waals surface area contributed by atoms with Crippen LogP contribution in [0.1, 0.15) is 52.4 Å². The number of carbonyl (C=O) groups is 2. The van der Waals surface area contributed by atoms with Crippen molar-refractivity contribution in [3.63, 3.8) is 0 Å². The molecule has 4 atom stereocenters. The summed E-state index contributed by atoms with van der Waals surface area (Å²) in [6.07, 6.45) is 5.19. The molecular weight excluding hydrogens is 256 g/mol. The number of piperidine rings is 1. The standard InChI is InChI=1S/C15H26N2O3/c1-10-6-7-17(11(2)8-10)15(20)16-13-5-3-4-12(9-13)14(18)19/h10-13H,3-9H2,1-2H3,(H,16,20)(H,18,19). The van der Waals surface area contributed by atoms with Gasteiger partial charge in [0.05, 0.1) is 5.92 Å². The summed E-state index contributed by atoms with van der Waals surface area (Å²) in [5, 5.41) is 12.1. The Morgan fingerprint density at radius 3 is 2.55 bits per heavy atom. The Balaban J connectivity index is 1.86. The van der Waals surface area contributed by atoms with Crippen molar-refractivity contribution in [3.8, 4) is 0 Å². The number of nitrogens with one attached hydrogen (secondary N) is 1. The third-order valence-corrected chi connectivity index (χ3v) is 4.75. The largest absolute Gasteiger partial charge is 0.481 e. The molecule has 2 fully saturated rings. The van der Waals surface area contributed by atoms with Crippen LogP contribution in [0.3, 0.4) is 0 Å². The summed E-state index contributed by atoms with van der Waals surface area (Å²) < 4.78 is 0. The molecule has 0 spiro atoms. The summed E-state index contributed by atoms with van der Waals surface area (Å²) in [5.41, 5.74) is 0. The van der Waals surface area contributed by atoms with Crippen LogP contribution >= 0.6 is 0 Å². The normalized spacial score (nSPS) is 34.6. The summed E-state index contributed by atoms with van der Waals surface area (Å²) in [6.45, 7) is 5.13. The molecule has 1 aliphatic carbocycles. The number of carboxylic acids is 1. The van der Waals surface area contributed by atoms with Crippen molar-refractivity contribution in [3.05, 3.63) is 0 Å². The Labute approximate surface area is 120 Å². The van der Waals surface area contributed by atoms with Gasteiger partial charge in [-0.05, 0) is 44.9 Å². The number of aliphatic carboxylic acids is 1. The maximum Gasteiger partial charge on any atom is 0.317 e. The number of carbonyl (C=O) groups excluding carboxylic acids is 1. The van der Waals surface area contributed by atoms with Crippen LogP contribution in [0.5, 0.6) is 0 Å². The van der Waals surface area contributed by atoms with E-state index < -0.39 is 5.97 Å². The van der Waals surface area contributed by atoms with E-state index >= 15 is 0 Å². The molecule has 2 rings (SSSR count). The van der Waals surface area contributed by atoms with Crippen molar-refractivity contribution in [2.75, 3.05) is 6.54 Å². The van der Waals surface area contributed by atoms with Gasteiger partial charge < -0.3 is 15.3 Å². The first-order valence-corrected chi connectivity index (χ1v) is 7.77. The molecule has 2 amide bonds. The van der Waals surface area contributed by atoms with Gasteiger partial charge in [0.25, 0.3) is 0 Å². The van der Waals surface area contributed by atoms with E-state index in [2.05, 4.69) is 19.2 Å². The Morgan fingerprint density at radius 2 is 1.90 bits per heavy atom. The number of carboxylic acid groups (broad SMARTS) is 1. The van der Waals surface area contributed by atoms with Gasteiger partial charge in [-0.2, -0.15) is 0 Å². The number of amides is 2. The first kappa shape index (κ1) is 15.1. The minimum absolute atomic E-state index is 0.0135. The lowest BCUT2D eigenvalue weighted by Crippen LogP contribution is -2.52. The first-order chi connectivity index (χ1) is 9.47. The molecule has 1 saturated carbocycles. The number of hydrogen-bond donors (Lipinski definition) is 2. The smallest absolute Gasteiger partial charge is 0.317 e. The highest BCUT2D eigenvalue weighted by Gasteiger charge is 2.31. The van der Waals surface area contributed by atoms with Crippen LogP contribution < -0.4 is 5.32 Å². The van der Waals surface area contributed by atoms with E-state index in [4.69, 9.17) is 5.11 Å². The van der Waals surface area contributed by atoms with E-state index in [1.165, 1.54) is 0 Å². The molecule has 0 aromatic rings. The fraction of sp³-hybridized carbons (Fsp3) is 0.867. The van der Waals surface area contributed by atoms with Crippen molar-refractivity contribution >= 4 is 12.0 Å². The van der Waals surface area contributed by atoms with Gasteiger partial charge in [-0.25, -0.2) is 4.79 Å². The van der Waals surface area contributed by atoms with Gasteiger partial charge in [-0.1, -0.05) is 13.3 Å². The second-order valence-electron chi connectivity index (χ2n) is 6.52. The van der Waals surface area contributed by atoms with Crippen LogP contribution in [0.15, 0.2) is 0 Å². The Morgan fingerprint density at radius 1 is 1.15 bits per heavy atom. The summed E-state index contributed by atoms with van der Waals surface area (Å²) in [6, 6.07) is 0.280. The molecule has 5 heteroatoms. The molecule has 1 saturated heterocycles. The van der Waals surface area contributed by atoms with Gasteiger partial charge in [-0.3, -0.25) is 4.79 Å². The minimum Gasteiger partial charge on any atom is -0.481 e. The van der Waals surface area contributed by atoms with E-state index in [1.807, 2.05) is 4.90 Å². The second-order valence-corrected chi connectivity index (χ2v) is 6.52. The molecule has 114 valence electrons. The van der Waals surface area contributed by atoms with Gasteiger partial charge in [0, 0.05) is 18.6 Å². The van der Waals surface area contributed by atoms with Gasteiger partial charge in [-0.15, -0.1) is 0 Å². The van der Waals surface area contributed by atoms with Crippen molar-refractivity contribution in [1.82, 2.24) is 10.2 Å². The lowest BCUT2D eigenvalue weighted by atomic mass is 9.86. The van der Waals surface area contributed by atoms with E-state index in [-0.39, 0.29) is 24.0 Å². The zero-order chi connectivity index (χ0) is 14.7. The molecule has 1 heterocycles. The maximum atomic E-state index is 12.3. The topological polar surface area (TPSA) is 69.6 Å². The van der Waals surface area contributed by atoms with Crippen LogP contribution in [0, 0.1) is 11.8 Å². The zero-order valence-electron chi connectivity index (χ0n) is 12.5. The number of likely N-dealkylation sites (tertiary alicyclic amines) is 1. The van der Waals surface area contributed by atoms with Gasteiger partial charge in [0.15, 0.2) is 0 Å². The van der Waals surface area contributed by atoms with E-state index in [9.17, 15) is 9.59 Å². The van der Waals surface area contributed by atoms with Crippen LogP contribution in [0.4, 0.5) is 4.79 Å². The SMILES string of the molecule is CC1CCN(C(=O)NC2CCCC(C(=O)O)C2)C(C)C1. The fourth-order valence-electron chi connectivity index (χ4n) is 3.51. The molecule has 20 heavy (non-hydrogen) atoms. The molecule has 1 aliphatic heterocycles. The third-order valence-electron chi connectivity index (χ3n) is 4.75. The first-order valence-electron chi connectivity index (χ1n) is 7.77. The van der Waals surface area contributed by atoms with Gasteiger partial charge in [0.2, 0.25) is 0 Å². The predicted molar refractivity (Wildman–Crippen MR) is 76.5 cm³/mol. The summed E-state index contributed by atoms with van der Waals surface area (Å²) in [7, 11) is 0. The average Bonchev–Trinajstić information content (AvgIpc) is 2.38. The Kier molecular flexibility index (Phi) is 4.89. The minimum atomic E-state index is -0.732.